The molecule has 2 aromatic carbocycles. The van der Waals surface area contributed by atoms with Crippen molar-refractivity contribution in [1.29, 1.82) is 0 Å². The summed E-state index contributed by atoms with van der Waals surface area (Å²) in [5, 5.41) is 1.02. The average Bonchev–Trinajstić information content (AvgIpc) is 2.27. The van der Waals surface area contributed by atoms with Gasteiger partial charge in [0, 0.05) is 6.07 Å². The Hall–Kier alpha value is -1.18. The Labute approximate surface area is 105 Å². The van der Waals surface area contributed by atoms with Crippen molar-refractivity contribution >= 4 is 23.2 Å². The van der Waals surface area contributed by atoms with Crippen molar-refractivity contribution in [1.82, 2.24) is 0 Å². The lowest BCUT2D eigenvalue weighted by Crippen LogP contribution is -1.86. The third-order valence-corrected chi connectivity index (χ3v) is 2.95. The lowest BCUT2D eigenvalue weighted by molar-refractivity contribution is 0.479. The van der Waals surface area contributed by atoms with Gasteiger partial charge in [0.25, 0.3) is 0 Å². The second kappa shape index (κ2) is 4.77. The standard InChI is InChI=1S/C13H10Cl2O/c1-9-4-2-3-5-13(9)16-10-6-7-11(14)12(15)8-10/h2-8H,1H3. The molecular weight excluding hydrogens is 243 g/mol. The van der Waals surface area contributed by atoms with Gasteiger partial charge in [0.1, 0.15) is 11.5 Å². The minimum atomic E-state index is 0.493. The first-order valence-corrected chi connectivity index (χ1v) is 5.61. The summed E-state index contributed by atoms with van der Waals surface area (Å²) in [6.07, 6.45) is 0. The molecule has 0 amide bonds. The Kier molecular flexibility index (Phi) is 3.37. The molecule has 0 aliphatic rings. The topological polar surface area (TPSA) is 9.23 Å². The lowest BCUT2D eigenvalue weighted by atomic mass is 10.2. The van der Waals surface area contributed by atoms with Gasteiger partial charge in [0.15, 0.2) is 0 Å². The van der Waals surface area contributed by atoms with Gasteiger partial charge in [-0.2, -0.15) is 0 Å². The van der Waals surface area contributed by atoms with E-state index in [1.807, 2.05) is 31.2 Å². The fraction of sp³-hybridized carbons (Fsp3) is 0.0769. The minimum absolute atomic E-state index is 0.493. The van der Waals surface area contributed by atoms with Gasteiger partial charge in [-0.15, -0.1) is 0 Å². The van der Waals surface area contributed by atoms with Crippen LogP contribution >= 0.6 is 23.2 Å². The first-order chi connectivity index (χ1) is 7.66. The maximum Gasteiger partial charge on any atom is 0.130 e. The number of para-hydroxylation sites is 1. The van der Waals surface area contributed by atoms with Gasteiger partial charge in [0.2, 0.25) is 0 Å². The van der Waals surface area contributed by atoms with Crippen LogP contribution in [0.1, 0.15) is 5.56 Å². The zero-order valence-corrected chi connectivity index (χ0v) is 10.2. The summed E-state index contributed by atoms with van der Waals surface area (Å²) in [7, 11) is 0. The van der Waals surface area contributed by atoms with E-state index in [4.69, 9.17) is 27.9 Å². The van der Waals surface area contributed by atoms with Gasteiger partial charge < -0.3 is 4.74 Å². The predicted molar refractivity (Wildman–Crippen MR) is 67.7 cm³/mol. The van der Waals surface area contributed by atoms with E-state index in [-0.39, 0.29) is 0 Å². The zero-order valence-electron chi connectivity index (χ0n) is 8.71. The molecule has 0 heterocycles. The van der Waals surface area contributed by atoms with Gasteiger partial charge in [-0.25, -0.2) is 0 Å². The summed E-state index contributed by atoms with van der Waals surface area (Å²) >= 11 is 11.7. The molecule has 0 aliphatic heterocycles. The molecule has 0 bridgehead atoms. The number of aryl methyl sites for hydroxylation is 1. The molecule has 1 nitrogen and oxygen atoms in total. The number of hydrogen-bond donors (Lipinski definition) is 0. The van der Waals surface area contributed by atoms with Crippen LogP contribution in [0.3, 0.4) is 0 Å². The highest BCUT2D eigenvalue weighted by Crippen LogP contribution is 2.30. The molecule has 82 valence electrons. The van der Waals surface area contributed by atoms with Crippen LogP contribution in [-0.4, -0.2) is 0 Å². The molecular formula is C13H10Cl2O. The quantitative estimate of drug-likeness (QED) is 0.723. The van der Waals surface area contributed by atoms with Crippen LogP contribution in [0.15, 0.2) is 42.5 Å². The zero-order chi connectivity index (χ0) is 11.5. The summed E-state index contributed by atoms with van der Waals surface area (Å²) in [6, 6.07) is 13.0. The van der Waals surface area contributed by atoms with Gasteiger partial charge in [0.05, 0.1) is 10.0 Å². The number of rotatable bonds is 2. The first kappa shape index (κ1) is 11.3. The second-order valence-corrected chi connectivity index (χ2v) is 4.26. The molecule has 0 radical (unpaired) electrons. The molecule has 0 saturated heterocycles. The fourth-order valence-corrected chi connectivity index (χ4v) is 1.63. The summed E-state index contributed by atoms with van der Waals surface area (Å²) in [4.78, 5) is 0. The van der Waals surface area contributed by atoms with Crippen molar-refractivity contribution in [2.24, 2.45) is 0 Å². The maximum atomic E-state index is 5.91. The summed E-state index contributed by atoms with van der Waals surface area (Å²) in [5.74, 6) is 1.50. The Morgan fingerprint density at radius 1 is 0.938 bits per heavy atom. The molecule has 16 heavy (non-hydrogen) atoms. The van der Waals surface area contributed by atoms with Gasteiger partial charge >= 0.3 is 0 Å². The van der Waals surface area contributed by atoms with Crippen molar-refractivity contribution in [2.75, 3.05) is 0 Å². The van der Waals surface area contributed by atoms with Crippen molar-refractivity contribution in [3.05, 3.63) is 58.1 Å². The number of halogens is 2. The van der Waals surface area contributed by atoms with Crippen LogP contribution in [0.25, 0.3) is 0 Å². The van der Waals surface area contributed by atoms with Crippen LogP contribution < -0.4 is 4.74 Å². The fourth-order valence-electron chi connectivity index (χ4n) is 1.34. The normalized spacial score (nSPS) is 10.2. The van der Waals surface area contributed by atoms with Crippen LogP contribution in [0.4, 0.5) is 0 Å². The largest absolute Gasteiger partial charge is 0.457 e. The summed E-state index contributed by atoms with van der Waals surface area (Å²) < 4.78 is 5.70. The minimum Gasteiger partial charge on any atom is -0.457 e. The van der Waals surface area contributed by atoms with E-state index in [9.17, 15) is 0 Å². The van der Waals surface area contributed by atoms with Crippen molar-refractivity contribution < 1.29 is 4.74 Å². The second-order valence-electron chi connectivity index (χ2n) is 3.44. The van der Waals surface area contributed by atoms with Crippen LogP contribution in [0.2, 0.25) is 10.0 Å². The van der Waals surface area contributed by atoms with Crippen molar-refractivity contribution in [3.63, 3.8) is 0 Å². The average molecular weight is 253 g/mol. The number of hydrogen-bond acceptors (Lipinski definition) is 1. The highest BCUT2D eigenvalue weighted by molar-refractivity contribution is 6.42. The van der Waals surface area contributed by atoms with Gasteiger partial charge in [-0.1, -0.05) is 41.4 Å². The maximum absolute atomic E-state index is 5.91. The van der Waals surface area contributed by atoms with Gasteiger partial charge in [-0.05, 0) is 30.7 Å². The van der Waals surface area contributed by atoms with E-state index in [2.05, 4.69) is 0 Å². The first-order valence-electron chi connectivity index (χ1n) is 4.85. The van der Waals surface area contributed by atoms with E-state index < -0.39 is 0 Å². The molecule has 0 fully saturated rings. The molecule has 0 spiro atoms. The van der Waals surface area contributed by atoms with Crippen LogP contribution in [0.5, 0.6) is 11.5 Å². The lowest BCUT2D eigenvalue weighted by Gasteiger charge is -2.08. The summed E-state index contributed by atoms with van der Waals surface area (Å²) in [6.45, 7) is 1.99. The SMILES string of the molecule is Cc1ccccc1Oc1ccc(Cl)c(Cl)c1. The predicted octanol–water partition coefficient (Wildman–Crippen LogP) is 5.09. The Morgan fingerprint density at radius 3 is 2.38 bits per heavy atom. The molecule has 0 aromatic heterocycles. The summed E-state index contributed by atoms with van der Waals surface area (Å²) in [5.41, 5.74) is 1.08. The van der Waals surface area contributed by atoms with E-state index in [1.165, 1.54) is 0 Å². The Morgan fingerprint density at radius 2 is 1.69 bits per heavy atom. The van der Waals surface area contributed by atoms with E-state index in [0.717, 1.165) is 11.3 Å². The Bertz CT molecular complexity index is 509. The van der Waals surface area contributed by atoms with E-state index in [1.54, 1.807) is 18.2 Å². The molecule has 0 aliphatic carbocycles. The van der Waals surface area contributed by atoms with Crippen LogP contribution in [-0.2, 0) is 0 Å². The molecule has 0 unspecified atom stereocenters. The van der Waals surface area contributed by atoms with Crippen LogP contribution in [0, 0.1) is 6.92 Å². The smallest absolute Gasteiger partial charge is 0.130 e. The monoisotopic (exact) mass is 252 g/mol. The molecule has 0 N–H and O–H groups in total. The number of benzene rings is 2. The molecule has 3 heteroatoms. The van der Waals surface area contributed by atoms with Crippen molar-refractivity contribution in [2.45, 2.75) is 6.92 Å². The van der Waals surface area contributed by atoms with Crippen molar-refractivity contribution in [3.8, 4) is 11.5 Å². The third-order valence-electron chi connectivity index (χ3n) is 2.21. The third kappa shape index (κ3) is 2.49. The molecule has 0 atom stereocenters. The molecule has 2 rings (SSSR count). The molecule has 2 aromatic rings. The number of ether oxygens (including phenoxy) is 1. The molecule has 0 saturated carbocycles. The van der Waals surface area contributed by atoms with E-state index in [0.29, 0.717) is 15.8 Å². The highest BCUT2D eigenvalue weighted by atomic mass is 35.5. The van der Waals surface area contributed by atoms with E-state index >= 15 is 0 Å². The van der Waals surface area contributed by atoms with Gasteiger partial charge in [-0.3, -0.25) is 0 Å². The Balaban J connectivity index is 2.28. The highest BCUT2D eigenvalue weighted by Gasteiger charge is 2.03.